The molecule has 328 valence electrons. The third kappa shape index (κ3) is 8.32. The SMILES string of the molecule is C=CCn1c(=O)c2cnc(Nc3ccc(N4CCN(CCCCCCOc5cccc6c5CN(C5CCC(=O)NC5=O)C6=O)CC4)cc3)nc2n1-c1ccc2c(n1)[C@@](O)(CC)CC2. The van der Waals surface area contributed by atoms with Gasteiger partial charge in [0.05, 0.1) is 25.4 Å². The zero-order chi connectivity index (χ0) is 43.7. The summed E-state index contributed by atoms with van der Waals surface area (Å²) in [6, 6.07) is 16.9. The Balaban J connectivity index is 0.734. The smallest absolute Gasteiger partial charge is 0.278 e. The molecule has 0 spiro atoms. The molecule has 1 aliphatic carbocycles. The van der Waals surface area contributed by atoms with E-state index in [1.165, 1.54) is 0 Å². The van der Waals surface area contributed by atoms with E-state index in [2.05, 4.69) is 44.1 Å². The van der Waals surface area contributed by atoms with Gasteiger partial charge >= 0.3 is 0 Å². The van der Waals surface area contributed by atoms with Gasteiger partial charge < -0.3 is 25.0 Å². The zero-order valence-electron chi connectivity index (χ0n) is 35.7. The highest BCUT2D eigenvalue weighted by molar-refractivity contribution is 6.05. The van der Waals surface area contributed by atoms with E-state index in [4.69, 9.17) is 14.7 Å². The number of aryl methyl sites for hydroxylation is 1. The maximum atomic E-state index is 13.5. The van der Waals surface area contributed by atoms with Crippen LogP contribution in [-0.2, 0) is 34.7 Å². The Bertz CT molecular complexity index is 2620. The first-order valence-electron chi connectivity index (χ1n) is 22.2. The minimum absolute atomic E-state index is 0.193. The molecular formula is C47H54N10O6. The summed E-state index contributed by atoms with van der Waals surface area (Å²) in [6.07, 6.45) is 9.89. The van der Waals surface area contributed by atoms with Gasteiger partial charge in [-0.05, 0) is 93.1 Å². The fourth-order valence-corrected chi connectivity index (χ4v) is 9.39. The number of nitrogens with one attached hydrogen (secondary N) is 2. The first kappa shape index (κ1) is 41.9. The van der Waals surface area contributed by atoms with Crippen LogP contribution in [0.4, 0.5) is 17.3 Å². The van der Waals surface area contributed by atoms with Crippen molar-refractivity contribution >= 4 is 46.1 Å². The van der Waals surface area contributed by atoms with Gasteiger partial charge in [-0.3, -0.25) is 29.4 Å². The lowest BCUT2D eigenvalue weighted by molar-refractivity contribution is -0.136. The quantitative estimate of drug-likeness (QED) is 0.0691. The second kappa shape index (κ2) is 17.8. The summed E-state index contributed by atoms with van der Waals surface area (Å²) >= 11 is 0. The maximum absolute atomic E-state index is 13.5. The molecular weight excluding hydrogens is 801 g/mol. The molecule has 2 aromatic carbocycles. The third-order valence-electron chi connectivity index (χ3n) is 13.0. The van der Waals surface area contributed by atoms with Gasteiger partial charge in [-0.25, -0.2) is 19.3 Å². The number of anilines is 3. The lowest BCUT2D eigenvalue weighted by Crippen LogP contribution is -2.52. The number of fused-ring (bicyclic) bond motifs is 3. The summed E-state index contributed by atoms with van der Waals surface area (Å²) in [4.78, 5) is 71.4. The molecule has 63 heavy (non-hydrogen) atoms. The molecule has 2 fully saturated rings. The minimum atomic E-state index is -0.995. The zero-order valence-corrected chi connectivity index (χ0v) is 35.7. The number of aliphatic hydroxyl groups is 1. The Morgan fingerprint density at radius 3 is 2.56 bits per heavy atom. The number of hydrogen-bond acceptors (Lipinski definition) is 12. The normalized spacial score (nSPS) is 20.0. The monoisotopic (exact) mass is 854 g/mol. The number of piperidine rings is 1. The lowest BCUT2D eigenvalue weighted by atomic mass is 9.98. The number of hydrogen-bond donors (Lipinski definition) is 3. The molecule has 3 aliphatic heterocycles. The van der Waals surface area contributed by atoms with Crippen molar-refractivity contribution in [3.63, 3.8) is 0 Å². The Morgan fingerprint density at radius 1 is 0.968 bits per heavy atom. The third-order valence-corrected chi connectivity index (χ3v) is 13.0. The summed E-state index contributed by atoms with van der Waals surface area (Å²) in [5.74, 6) is 0.639. The summed E-state index contributed by atoms with van der Waals surface area (Å²) in [6.45, 7) is 11.9. The van der Waals surface area contributed by atoms with Gasteiger partial charge in [0.25, 0.3) is 11.5 Å². The fourth-order valence-electron chi connectivity index (χ4n) is 9.39. The minimum Gasteiger partial charge on any atom is -0.493 e. The van der Waals surface area contributed by atoms with E-state index in [1.807, 2.05) is 43.3 Å². The molecule has 1 unspecified atom stereocenters. The predicted molar refractivity (Wildman–Crippen MR) is 238 cm³/mol. The van der Waals surface area contributed by atoms with Gasteiger partial charge in [-0.15, -0.1) is 6.58 Å². The van der Waals surface area contributed by atoms with Crippen molar-refractivity contribution in [1.29, 1.82) is 0 Å². The van der Waals surface area contributed by atoms with Crippen molar-refractivity contribution in [3.05, 3.63) is 106 Å². The summed E-state index contributed by atoms with van der Waals surface area (Å²) in [5, 5.41) is 17.3. The van der Waals surface area contributed by atoms with Gasteiger partial charge in [-0.2, -0.15) is 4.98 Å². The number of imide groups is 1. The number of benzene rings is 2. The molecule has 6 heterocycles. The number of unbranched alkanes of at least 4 members (excludes halogenated alkanes) is 3. The van der Waals surface area contributed by atoms with Crippen molar-refractivity contribution < 1.29 is 24.2 Å². The Kier molecular flexibility index (Phi) is 11.8. The molecule has 5 aromatic rings. The summed E-state index contributed by atoms with van der Waals surface area (Å²) < 4.78 is 9.39. The van der Waals surface area contributed by atoms with Crippen molar-refractivity contribution in [3.8, 4) is 11.6 Å². The van der Waals surface area contributed by atoms with Crippen LogP contribution in [0.1, 0.15) is 85.5 Å². The van der Waals surface area contributed by atoms with Crippen molar-refractivity contribution in [2.45, 2.75) is 89.4 Å². The lowest BCUT2D eigenvalue weighted by Gasteiger charge is -2.36. The van der Waals surface area contributed by atoms with E-state index in [0.717, 1.165) is 87.3 Å². The second-order valence-electron chi connectivity index (χ2n) is 16.9. The molecule has 0 radical (unpaired) electrons. The van der Waals surface area contributed by atoms with E-state index in [-0.39, 0.29) is 30.3 Å². The highest BCUT2D eigenvalue weighted by atomic mass is 16.5. The molecule has 0 saturated carbocycles. The topological polar surface area (TPSA) is 180 Å². The average Bonchev–Trinajstić information content (AvgIpc) is 3.91. The predicted octanol–water partition coefficient (Wildman–Crippen LogP) is 4.97. The molecule has 0 bridgehead atoms. The van der Waals surface area contributed by atoms with Gasteiger partial charge in [0.1, 0.15) is 22.8 Å². The molecule has 16 heteroatoms. The molecule has 2 atom stereocenters. The van der Waals surface area contributed by atoms with Crippen molar-refractivity contribution in [1.82, 2.24) is 39.4 Å². The molecule has 4 aliphatic rings. The number of aromatic nitrogens is 5. The van der Waals surface area contributed by atoms with E-state index in [0.29, 0.717) is 72.2 Å². The Morgan fingerprint density at radius 2 is 1.78 bits per heavy atom. The van der Waals surface area contributed by atoms with E-state index >= 15 is 0 Å². The van der Waals surface area contributed by atoms with Crippen LogP contribution in [0.2, 0.25) is 0 Å². The maximum Gasteiger partial charge on any atom is 0.278 e. The Hall–Kier alpha value is -6.39. The number of amides is 3. The molecule has 16 nitrogen and oxygen atoms in total. The van der Waals surface area contributed by atoms with Crippen molar-refractivity contribution in [2.75, 3.05) is 49.5 Å². The molecule has 2 saturated heterocycles. The van der Waals surface area contributed by atoms with Gasteiger partial charge in [0.2, 0.25) is 17.8 Å². The first-order valence-corrected chi connectivity index (χ1v) is 22.2. The average molecular weight is 855 g/mol. The number of nitrogens with zero attached hydrogens (tertiary/aromatic N) is 8. The largest absolute Gasteiger partial charge is 0.493 e. The fraction of sp³-hybridized carbons (Fsp3) is 0.426. The number of pyridine rings is 1. The van der Waals surface area contributed by atoms with Crippen LogP contribution in [0.25, 0.3) is 16.9 Å². The molecule has 3 amide bonds. The molecule has 3 N–H and O–H groups in total. The number of allylic oxidation sites excluding steroid dienone is 1. The standard InChI is InChI=1S/C47H54N10O6/c1-3-22-56-45(61)35-29-48-46(52-42(35)57(56)39-18-12-31-20-21-47(62,4-2)41(31)50-39)49-32-13-15-33(16-14-32)54-26-24-53(25-27-54)23-7-5-6-8-28-63-38-11-9-10-34-36(38)30-55(44(34)60)37-17-19-40(58)51-43(37)59/h3,9-16,18,29,37,62H,1,4-8,17,19-28,30H2,2H3,(H,48,49,52)(H,51,58,59)/t37?,47-/m1/s1. The number of piperazine rings is 1. The van der Waals surface area contributed by atoms with E-state index in [9.17, 15) is 24.3 Å². The Labute approximate surface area is 365 Å². The van der Waals surface area contributed by atoms with Gasteiger partial charge in [-0.1, -0.05) is 38.0 Å². The number of ether oxygens (including phenoxy) is 1. The van der Waals surface area contributed by atoms with Crippen LogP contribution in [0.15, 0.2) is 78.2 Å². The number of carbonyl (C=O) groups is 3. The van der Waals surface area contributed by atoms with Crippen LogP contribution in [-0.4, -0.2) is 102 Å². The van der Waals surface area contributed by atoms with Gasteiger partial charge in [0.15, 0.2) is 11.5 Å². The molecule has 9 rings (SSSR count). The highest BCUT2D eigenvalue weighted by Gasteiger charge is 2.40. The van der Waals surface area contributed by atoms with E-state index < -0.39 is 17.6 Å². The van der Waals surface area contributed by atoms with Crippen LogP contribution in [0, 0.1) is 0 Å². The van der Waals surface area contributed by atoms with Gasteiger partial charge in [0, 0.05) is 61.3 Å². The number of carbonyl (C=O) groups excluding carboxylic acids is 3. The highest BCUT2D eigenvalue weighted by Crippen LogP contribution is 2.39. The first-order chi connectivity index (χ1) is 30.6. The molecule has 3 aromatic heterocycles. The van der Waals surface area contributed by atoms with Crippen LogP contribution in [0.5, 0.6) is 5.75 Å². The van der Waals surface area contributed by atoms with Crippen molar-refractivity contribution in [2.24, 2.45) is 0 Å². The summed E-state index contributed by atoms with van der Waals surface area (Å²) in [7, 11) is 0. The van der Waals surface area contributed by atoms with Crippen LogP contribution in [0.3, 0.4) is 0 Å². The second-order valence-corrected chi connectivity index (χ2v) is 16.9. The van der Waals surface area contributed by atoms with E-state index in [1.54, 1.807) is 32.6 Å². The van der Waals surface area contributed by atoms with Crippen LogP contribution < -0.4 is 25.8 Å². The summed E-state index contributed by atoms with van der Waals surface area (Å²) in [5.41, 5.74) is 4.20. The van der Waals surface area contributed by atoms with Crippen LogP contribution >= 0.6 is 0 Å². The number of rotatable bonds is 16.